The van der Waals surface area contributed by atoms with Crippen LogP contribution in [0.15, 0.2) is 29.6 Å². The standard InChI is InChI=1S/C12H17N5O3S/c1-17-8-9(7-10(17)12(13)18)21(19,20)16-4-2-3-11-14-5-6-15-11/h5-8,16H,2-4H2,1H3,(H2,13,18)(H,14,15). The number of amides is 1. The van der Waals surface area contributed by atoms with Crippen molar-refractivity contribution >= 4 is 15.9 Å². The number of H-pyrrole nitrogens is 1. The average molecular weight is 311 g/mol. The van der Waals surface area contributed by atoms with Gasteiger partial charge >= 0.3 is 0 Å². The van der Waals surface area contributed by atoms with Crippen molar-refractivity contribution in [3.05, 3.63) is 36.2 Å². The lowest BCUT2D eigenvalue weighted by molar-refractivity contribution is 0.0992. The van der Waals surface area contributed by atoms with E-state index in [2.05, 4.69) is 14.7 Å². The van der Waals surface area contributed by atoms with E-state index in [1.807, 2.05) is 0 Å². The van der Waals surface area contributed by atoms with E-state index in [1.54, 1.807) is 19.4 Å². The number of rotatable bonds is 7. The number of aromatic amines is 1. The van der Waals surface area contributed by atoms with E-state index in [-0.39, 0.29) is 17.1 Å². The summed E-state index contributed by atoms with van der Waals surface area (Å²) in [6.45, 7) is 0.282. The number of sulfonamides is 1. The van der Waals surface area contributed by atoms with Crippen LogP contribution in [0.1, 0.15) is 22.7 Å². The lowest BCUT2D eigenvalue weighted by atomic mass is 10.3. The van der Waals surface area contributed by atoms with Gasteiger partial charge in [0, 0.05) is 38.6 Å². The summed E-state index contributed by atoms with van der Waals surface area (Å²) < 4.78 is 28.0. The van der Waals surface area contributed by atoms with Crippen LogP contribution in [0.4, 0.5) is 0 Å². The third-order valence-corrected chi connectivity index (χ3v) is 4.41. The van der Waals surface area contributed by atoms with E-state index in [0.29, 0.717) is 12.8 Å². The average Bonchev–Trinajstić information content (AvgIpc) is 3.04. The molecule has 0 aromatic carbocycles. The molecule has 2 aromatic rings. The Morgan fingerprint density at radius 1 is 1.52 bits per heavy atom. The van der Waals surface area contributed by atoms with Crippen molar-refractivity contribution in [2.75, 3.05) is 6.54 Å². The number of carbonyl (C=O) groups is 1. The maximum atomic E-state index is 12.1. The Balaban J connectivity index is 1.95. The normalized spacial score (nSPS) is 11.7. The van der Waals surface area contributed by atoms with Crippen LogP contribution >= 0.6 is 0 Å². The van der Waals surface area contributed by atoms with Crippen molar-refractivity contribution in [1.82, 2.24) is 19.3 Å². The quantitative estimate of drug-likeness (QED) is 0.610. The fraction of sp³-hybridized carbons (Fsp3) is 0.333. The summed E-state index contributed by atoms with van der Waals surface area (Å²) >= 11 is 0. The molecule has 0 aliphatic rings. The number of hydrogen-bond donors (Lipinski definition) is 3. The lowest BCUT2D eigenvalue weighted by Crippen LogP contribution is -2.25. The minimum atomic E-state index is -3.65. The fourth-order valence-electron chi connectivity index (χ4n) is 1.91. The minimum absolute atomic E-state index is 0.0248. The molecule has 0 fully saturated rings. The highest BCUT2D eigenvalue weighted by Crippen LogP contribution is 2.13. The molecule has 9 heteroatoms. The van der Waals surface area contributed by atoms with Crippen LogP contribution in [0.5, 0.6) is 0 Å². The molecule has 114 valence electrons. The van der Waals surface area contributed by atoms with E-state index in [9.17, 15) is 13.2 Å². The number of imidazole rings is 1. The van der Waals surface area contributed by atoms with Crippen LogP contribution in [-0.4, -0.2) is 35.4 Å². The maximum Gasteiger partial charge on any atom is 0.265 e. The Kier molecular flexibility index (Phi) is 4.43. The van der Waals surface area contributed by atoms with Crippen molar-refractivity contribution in [1.29, 1.82) is 0 Å². The van der Waals surface area contributed by atoms with Crippen molar-refractivity contribution < 1.29 is 13.2 Å². The highest BCUT2D eigenvalue weighted by atomic mass is 32.2. The Bertz CT molecular complexity index is 718. The predicted molar refractivity (Wildman–Crippen MR) is 76.0 cm³/mol. The summed E-state index contributed by atoms with van der Waals surface area (Å²) in [5.74, 6) is 0.140. The van der Waals surface area contributed by atoms with Crippen LogP contribution in [0.25, 0.3) is 0 Å². The summed E-state index contributed by atoms with van der Waals surface area (Å²) in [6.07, 6.45) is 5.98. The summed E-state index contributed by atoms with van der Waals surface area (Å²) in [4.78, 5) is 18.2. The van der Waals surface area contributed by atoms with Gasteiger partial charge in [0.15, 0.2) is 0 Å². The molecule has 8 nitrogen and oxygen atoms in total. The summed E-state index contributed by atoms with van der Waals surface area (Å²) in [5.41, 5.74) is 5.31. The molecule has 0 saturated carbocycles. The Hall–Kier alpha value is -2.13. The molecule has 0 unspecified atom stereocenters. The largest absolute Gasteiger partial charge is 0.364 e. The number of carbonyl (C=O) groups excluding carboxylic acids is 1. The van der Waals surface area contributed by atoms with Crippen molar-refractivity contribution in [3.8, 4) is 0 Å². The number of nitrogens with two attached hydrogens (primary N) is 1. The topological polar surface area (TPSA) is 123 Å². The first kappa shape index (κ1) is 15.3. The molecule has 0 spiro atoms. The fourth-order valence-corrected chi connectivity index (χ4v) is 3.05. The monoisotopic (exact) mass is 311 g/mol. The van der Waals surface area contributed by atoms with Gasteiger partial charge in [0.25, 0.3) is 5.91 Å². The van der Waals surface area contributed by atoms with Gasteiger partial charge in [0.2, 0.25) is 10.0 Å². The number of aromatic nitrogens is 3. The third kappa shape index (κ3) is 3.70. The molecule has 1 amide bonds. The first-order valence-corrected chi connectivity index (χ1v) is 7.82. The zero-order chi connectivity index (χ0) is 15.5. The Morgan fingerprint density at radius 3 is 2.86 bits per heavy atom. The highest BCUT2D eigenvalue weighted by molar-refractivity contribution is 7.89. The summed E-state index contributed by atoms with van der Waals surface area (Å²) in [5, 5.41) is 0. The molecule has 0 saturated heterocycles. The van der Waals surface area contributed by atoms with Crippen molar-refractivity contribution in [2.45, 2.75) is 17.7 Å². The van der Waals surface area contributed by atoms with Gasteiger partial charge in [-0.1, -0.05) is 0 Å². The molecular formula is C12H17N5O3S. The SMILES string of the molecule is Cn1cc(S(=O)(=O)NCCCc2ncc[nH]2)cc1C(N)=O. The predicted octanol–water partition coefficient (Wildman–Crippen LogP) is -0.242. The molecule has 0 bridgehead atoms. The van der Waals surface area contributed by atoms with Gasteiger partial charge < -0.3 is 15.3 Å². The van der Waals surface area contributed by atoms with Crippen LogP contribution in [-0.2, 0) is 23.5 Å². The molecule has 4 N–H and O–H groups in total. The molecular weight excluding hydrogens is 294 g/mol. The van der Waals surface area contributed by atoms with Crippen LogP contribution < -0.4 is 10.5 Å². The van der Waals surface area contributed by atoms with Gasteiger partial charge in [0.05, 0.1) is 0 Å². The van der Waals surface area contributed by atoms with Gasteiger partial charge in [-0.2, -0.15) is 0 Å². The number of nitrogens with one attached hydrogen (secondary N) is 2. The molecule has 0 aliphatic heterocycles. The van der Waals surface area contributed by atoms with Gasteiger partial charge in [-0.25, -0.2) is 18.1 Å². The summed E-state index contributed by atoms with van der Waals surface area (Å²) in [7, 11) is -2.08. The third-order valence-electron chi connectivity index (χ3n) is 2.98. The van der Waals surface area contributed by atoms with Gasteiger partial charge in [0.1, 0.15) is 16.4 Å². The first-order valence-electron chi connectivity index (χ1n) is 6.34. The second-order valence-electron chi connectivity index (χ2n) is 4.57. The van der Waals surface area contributed by atoms with Crippen molar-refractivity contribution in [2.24, 2.45) is 12.8 Å². The molecule has 0 aliphatic carbocycles. The molecule has 0 radical (unpaired) electrons. The smallest absolute Gasteiger partial charge is 0.265 e. The van der Waals surface area contributed by atoms with Crippen LogP contribution in [0.3, 0.4) is 0 Å². The molecule has 2 aromatic heterocycles. The molecule has 21 heavy (non-hydrogen) atoms. The lowest BCUT2D eigenvalue weighted by Gasteiger charge is -2.04. The first-order chi connectivity index (χ1) is 9.90. The number of primary amides is 1. The zero-order valence-electron chi connectivity index (χ0n) is 11.5. The number of aryl methyl sites for hydroxylation is 2. The Labute approximate surface area is 122 Å². The molecule has 2 heterocycles. The van der Waals surface area contributed by atoms with E-state index in [4.69, 9.17) is 5.73 Å². The maximum absolute atomic E-state index is 12.1. The number of nitrogens with zero attached hydrogens (tertiary/aromatic N) is 2. The van der Waals surface area contributed by atoms with E-state index in [0.717, 1.165) is 5.82 Å². The van der Waals surface area contributed by atoms with Gasteiger partial charge in [-0.05, 0) is 12.5 Å². The molecule has 0 atom stereocenters. The number of hydrogen-bond acceptors (Lipinski definition) is 4. The van der Waals surface area contributed by atoms with E-state index >= 15 is 0 Å². The minimum Gasteiger partial charge on any atom is -0.364 e. The molecule has 2 rings (SSSR count). The highest BCUT2D eigenvalue weighted by Gasteiger charge is 2.18. The summed E-state index contributed by atoms with van der Waals surface area (Å²) in [6, 6.07) is 1.26. The van der Waals surface area contributed by atoms with Gasteiger partial charge in [-0.15, -0.1) is 0 Å². The van der Waals surface area contributed by atoms with Crippen LogP contribution in [0, 0.1) is 0 Å². The Morgan fingerprint density at radius 2 is 2.29 bits per heavy atom. The second kappa shape index (κ2) is 6.10. The van der Waals surface area contributed by atoms with Crippen molar-refractivity contribution in [3.63, 3.8) is 0 Å². The van der Waals surface area contributed by atoms with E-state index < -0.39 is 15.9 Å². The van der Waals surface area contributed by atoms with Crippen LogP contribution in [0.2, 0.25) is 0 Å². The second-order valence-corrected chi connectivity index (χ2v) is 6.34. The van der Waals surface area contributed by atoms with E-state index in [1.165, 1.54) is 16.8 Å². The van der Waals surface area contributed by atoms with Gasteiger partial charge in [-0.3, -0.25) is 4.79 Å². The zero-order valence-corrected chi connectivity index (χ0v) is 12.4.